The third-order valence-corrected chi connectivity index (χ3v) is 1.73. The Kier molecular flexibility index (Phi) is 4.17. The molecule has 0 radical (unpaired) electrons. The zero-order valence-electron chi connectivity index (χ0n) is 7.63. The van der Waals surface area contributed by atoms with Crippen molar-refractivity contribution in [1.82, 2.24) is 4.98 Å². The summed E-state index contributed by atoms with van der Waals surface area (Å²) in [7, 11) is 0. The lowest BCUT2D eigenvalue weighted by molar-refractivity contribution is 0.0980. The average Bonchev–Trinajstić information content (AvgIpc) is 2.25. The summed E-state index contributed by atoms with van der Waals surface area (Å²) in [6.45, 7) is 0.368. The van der Waals surface area contributed by atoms with E-state index in [0.29, 0.717) is 24.9 Å². The predicted molar refractivity (Wildman–Crippen MR) is 51.8 cm³/mol. The van der Waals surface area contributed by atoms with Crippen LogP contribution in [0.5, 0.6) is 0 Å². The smallest absolute Gasteiger partial charge is 0.162 e. The SMILES string of the molecule is [N-]=[N+]=NCCCC(=O)c1ccncc1. The van der Waals surface area contributed by atoms with Gasteiger partial charge in [0.15, 0.2) is 5.78 Å². The van der Waals surface area contributed by atoms with E-state index < -0.39 is 0 Å². The van der Waals surface area contributed by atoms with Gasteiger partial charge in [0, 0.05) is 35.8 Å². The van der Waals surface area contributed by atoms with Gasteiger partial charge >= 0.3 is 0 Å². The zero-order valence-corrected chi connectivity index (χ0v) is 7.63. The maximum Gasteiger partial charge on any atom is 0.162 e. The molecule has 0 saturated carbocycles. The maximum absolute atomic E-state index is 11.4. The molecule has 5 nitrogen and oxygen atoms in total. The Morgan fingerprint density at radius 2 is 2.21 bits per heavy atom. The Morgan fingerprint density at radius 3 is 2.86 bits per heavy atom. The number of azide groups is 1. The van der Waals surface area contributed by atoms with Crippen molar-refractivity contribution in [3.05, 3.63) is 40.5 Å². The van der Waals surface area contributed by atoms with E-state index in [0.717, 1.165) is 0 Å². The van der Waals surface area contributed by atoms with E-state index in [2.05, 4.69) is 15.0 Å². The summed E-state index contributed by atoms with van der Waals surface area (Å²) < 4.78 is 0. The number of carbonyl (C=O) groups excluding carboxylic acids is 1. The molecule has 14 heavy (non-hydrogen) atoms. The summed E-state index contributed by atoms with van der Waals surface area (Å²) in [6.07, 6.45) is 4.16. The number of rotatable bonds is 5. The summed E-state index contributed by atoms with van der Waals surface area (Å²) in [6, 6.07) is 3.35. The van der Waals surface area contributed by atoms with Gasteiger partial charge < -0.3 is 0 Å². The number of ketones is 1. The molecule has 0 fully saturated rings. The second kappa shape index (κ2) is 5.72. The normalized spacial score (nSPS) is 9.14. The lowest BCUT2D eigenvalue weighted by atomic mass is 10.1. The Bertz CT molecular complexity index is 343. The molecule has 1 heterocycles. The molecule has 5 heteroatoms. The van der Waals surface area contributed by atoms with Crippen LogP contribution < -0.4 is 0 Å². The van der Waals surface area contributed by atoms with Gasteiger partial charge in [0.05, 0.1) is 0 Å². The van der Waals surface area contributed by atoms with Crippen molar-refractivity contribution in [3.8, 4) is 0 Å². The van der Waals surface area contributed by atoms with Crippen molar-refractivity contribution in [1.29, 1.82) is 0 Å². The molecular formula is C9H10N4O. The van der Waals surface area contributed by atoms with Crippen LogP contribution in [0.15, 0.2) is 29.6 Å². The van der Waals surface area contributed by atoms with E-state index >= 15 is 0 Å². The van der Waals surface area contributed by atoms with Crippen LogP contribution in [0.25, 0.3) is 10.4 Å². The quantitative estimate of drug-likeness (QED) is 0.235. The van der Waals surface area contributed by atoms with Crippen molar-refractivity contribution in [2.75, 3.05) is 6.54 Å². The molecule has 0 spiro atoms. The second-order valence-electron chi connectivity index (χ2n) is 2.72. The molecule has 0 unspecified atom stereocenters. The van der Waals surface area contributed by atoms with Crippen molar-refractivity contribution in [2.45, 2.75) is 12.8 Å². The Balaban J connectivity index is 2.40. The molecule has 0 aliphatic heterocycles. The Morgan fingerprint density at radius 1 is 1.50 bits per heavy atom. The monoisotopic (exact) mass is 190 g/mol. The van der Waals surface area contributed by atoms with E-state index in [1.165, 1.54) is 0 Å². The van der Waals surface area contributed by atoms with Gasteiger partial charge in [0.2, 0.25) is 0 Å². The number of hydrogen-bond acceptors (Lipinski definition) is 3. The van der Waals surface area contributed by atoms with Crippen molar-refractivity contribution < 1.29 is 4.79 Å². The topological polar surface area (TPSA) is 78.7 Å². The zero-order chi connectivity index (χ0) is 10.2. The Labute approximate surface area is 81.4 Å². The number of carbonyl (C=O) groups is 1. The highest BCUT2D eigenvalue weighted by Gasteiger charge is 2.03. The summed E-state index contributed by atoms with van der Waals surface area (Å²) in [5, 5.41) is 3.35. The molecule has 0 bridgehead atoms. The fourth-order valence-corrected chi connectivity index (χ4v) is 1.04. The van der Waals surface area contributed by atoms with Crippen LogP contribution in [0, 0.1) is 0 Å². The number of aromatic nitrogens is 1. The minimum Gasteiger partial charge on any atom is -0.294 e. The van der Waals surface area contributed by atoms with Crippen molar-refractivity contribution in [2.24, 2.45) is 5.11 Å². The predicted octanol–water partition coefficient (Wildman–Crippen LogP) is 2.35. The number of Topliss-reactive ketones (excluding diaryl/α,β-unsaturated/α-hetero) is 1. The van der Waals surface area contributed by atoms with Gasteiger partial charge in [-0.25, -0.2) is 0 Å². The number of pyridine rings is 1. The maximum atomic E-state index is 11.4. The van der Waals surface area contributed by atoms with E-state index in [9.17, 15) is 4.79 Å². The van der Waals surface area contributed by atoms with Gasteiger partial charge in [-0.05, 0) is 24.1 Å². The van der Waals surface area contributed by atoms with Gasteiger partial charge in [-0.3, -0.25) is 9.78 Å². The highest BCUT2D eigenvalue weighted by molar-refractivity contribution is 5.95. The molecule has 0 saturated heterocycles. The summed E-state index contributed by atoms with van der Waals surface area (Å²) >= 11 is 0. The lowest BCUT2D eigenvalue weighted by Crippen LogP contribution is -1.99. The molecule has 0 N–H and O–H groups in total. The van der Waals surface area contributed by atoms with Gasteiger partial charge in [-0.1, -0.05) is 5.11 Å². The highest BCUT2D eigenvalue weighted by Crippen LogP contribution is 2.03. The molecule has 0 aliphatic rings. The first-order chi connectivity index (χ1) is 6.84. The van der Waals surface area contributed by atoms with Crippen LogP contribution in [0.4, 0.5) is 0 Å². The fraction of sp³-hybridized carbons (Fsp3) is 0.333. The van der Waals surface area contributed by atoms with Crippen molar-refractivity contribution in [3.63, 3.8) is 0 Å². The lowest BCUT2D eigenvalue weighted by Gasteiger charge is -1.97. The van der Waals surface area contributed by atoms with Crippen LogP contribution in [-0.2, 0) is 0 Å². The molecule has 1 aromatic heterocycles. The second-order valence-corrected chi connectivity index (χ2v) is 2.72. The van der Waals surface area contributed by atoms with Crippen molar-refractivity contribution >= 4 is 5.78 Å². The van der Waals surface area contributed by atoms with E-state index in [1.807, 2.05) is 0 Å². The molecule has 1 rings (SSSR count). The van der Waals surface area contributed by atoms with Gasteiger partial charge in [-0.15, -0.1) is 0 Å². The first-order valence-electron chi connectivity index (χ1n) is 4.28. The van der Waals surface area contributed by atoms with Gasteiger partial charge in [0.25, 0.3) is 0 Å². The van der Waals surface area contributed by atoms with Crippen LogP contribution in [0.1, 0.15) is 23.2 Å². The minimum atomic E-state index is 0.0561. The minimum absolute atomic E-state index is 0.0561. The molecule has 0 amide bonds. The average molecular weight is 190 g/mol. The molecule has 72 valence electrons. The van der Waals surface area contributed by atoms with E-state index in [-0.39, 0.29) is 5.78 Å². The third-order valence-electron chi connectivity index (χ3n) is 1.73. The van der Waals surface area contributed by atoms with Gasteiger partial charge in [-0.2, -0.15) is 0 Å². The summed E-state index contributed by atoms with van der Waals surface area (Å²) in [5.41, 5.74) is 8.67. The van der Waals surface area contributed by atoms with Gasteiger partial charge in [0.1, 0.15) is 0 Å². The Hall–Kier alpha value is -1.87. The molecule has 0 aromatic carbocycles. The number of nitrogens with zero attached hydrogens (tertiary/aromatic N) is 4. The van der Waals surface area contributed by atoms with E-state index in [4.69, 9.17) is 5.53 Å². The standard InChI is InChI=1S/C9H10N4O/c10-13-12-5-1-2-9(14)8-3-6-11-7-4-8/h3-4,6-7H,1-2,5H2. The molecule has 0 atom stereocenters. The first-order valence-corrected chi connectivity index (χ1v) is 4.28. The first kappa shape index (κ1) is 10.2. The van der Waals surface area contributed by atoms with Crippen LogP contribution in [-0.4, -0.2) is 17.3 Å². The van der Waals surface area contributed by atoms with E-state index in [1.54, 1.807) is 24.5 Å². The third kappa shape index (κ3) is 3.25. The van der Waals surface area contributed by atoms with Crippen LogP contribution in [0.3, 0.4) is 0 Å². The molecule has 0 aliphatic carbocycles. The van der Waals surface area contributed by atoms with Crippen LogP contribution >= 0.6 is 0 Å². The molecular weight excluding hydrogens is 180 g/mol. The fourth-order valence-electron chi connectivity index (χ4n) is 1.04. The van der Waals surface area contributed by atoms with Crippen LogP contribution in [0.2, 0.25) is 0 Å². The summed E-state index contributed by atoms with van der Waals surface area (Å²) in [5.74, 6) is 0.0561. The largest absolute Gasteiger partial charge is 0.294 e. The highest BCUT2D eigenvalue weighted by atomic mass is 16.1. The number of hydrogen-bond donors (Lipinski definition) is 0. The summed E-state index contributed by atoms with van der Waals surface area (Å²) in [4.78, 5) is 17.9. The molecule has 1 aromatic rings.